The molecule has 0 radical (unpaired) electrons. The van der Waals surface area contributed by atoms with Crippen LogP contribution in [0.1, 0.15) is 18.6 Å². The van der Waals surface area contributed by atoms with Crippen molar-refractivity contribution >= 4 is 0 Å². The lowest BCUT2D eigenvalue weighted by Gasteiger charge is -1.98. The number of hydrogen-bond donors (Lipinski definition) is 0. The van der Waals surface area contributed by atoms with Gasteiger partial charge in [0.1, 0.15) is 6.54 Å². The monoisotopic (exact) mass is 300 g/mol. The van der Waals surface area contributed by atoms with Crippen LogP contribution < -0.4 is 9.47 Å². The molecule has 0 N–H and O–H groups in total. The van der Waals surface area contributed by atoms with Gasteiger partial charge in [-0.15, -0.1) is 5.10 Å². The zero-order valence-corrected chi connectivity index (χ0v) is 11.8. The summed E-state index contributed by atoms with van der Waals surface area (Å²) >= 11 is 0. The molecule has 0 bridgehead atoms. The minimum absolute atomic E-state index is 0.232. The summed E-state index contributed by atoms with van der Waals surface area (Å²) < 4.78 is 17.5. The lowest BCUT2D eigenvalue weighted by Crippen LogP contribution is -2.06. The van der Waals surface area contributed by atoms with Gasteiger partial charge in [0.05, 0.1) is 0 Å². The predicted octanol–water partition coefficient (Wildman–Crippen LogP) is 1.06. The molecule has 0 atom stereocenters. The zero-order valence-electron chi connectivity index (χ0n) is 11.8. The number of benzene rings is 1. The minimum atomic E-state index is 0.232. The van der Waals surface area contributed by atoms with Crippen molar-refractivity contribution in [3.8, 4) is 22.9 Å². The highest BCUT2D eigenvalue weighted by Gasteiger charge is 2.17. The molecule has 0 unspecified atom stereocenters. The average Bonchev–Trinajstić information content (AvgIpc) is 3.27. The molecule has 0 saturated heterocycles. The number of rotatable bonds is 4. The molecule has 4 rings (SSSR count). The molecule has 0 saturated carbocycles. The standard InChI is InChI=1S/C13H12N6O3/c1-2-11-15-17-18-19(11)6-12-14-13(16-22-12)8-3-4-9-10(5-8)21-7-20-9/h3-5H,2,6-7H2,1H3. The van der Waals surface area contributed by atoms with Gasteiger partial charge in [-0.3, -0.25) is 0 Å². The number of tetrazole rings is 1. The predicted molar refractivity (Wildman–Crippen MR) is 72.2 cm³/mol. The van der Waals surface area contributed by atoms with Crippen LogP contribution in [-0.2, 0) is 13.0 Å². The molecule has 9 nitrogen and oxygen atoms in total. The van der Waals surface area contributed by atoms with Crippen molar-refractivity contribution in [3.63, 3.8) is 0 Å². The molecule has 0 aliphatic carbocycles. The summed E-state index contributed by atoms with van der Waals surface area (Å²) in [4.78, 5) is 4.37. The van der Waals surface area contributed by atoms with Crippen LogP contribution in [0.25, 0.3) is 11.4 Å². The Morgan fingerprint density at radius 1 is 1.23 bits per heavy atom. The molecule has 1 aliphatic rings. The Hall–Kier alpha value is -2.97. The van der Waals surface area contributed by atoms with E-state index < -0.39 is 0 Å². The number of ether oxygens (including phenoxy) is 2. The van der Waals surface area contributed by atoms with Crippen LogP contribution in [0.3, 0.4) is 0 Å². The Balaban J connectivity index is 1.59. The number of nitrogens with zero attached hydrogens (tertiary/aromatic N) is 6. The van der Waals surface area contributed by atoms with Crippen molar-refractivity contribution in [1.29, 1.82) is 0 Å². The van der Waals surface area contributed by atoms with E-state index in [9.17, 15) is 0 Å². The molecule has 3 aromatic rings. The van der Waals surface area contributed by atoms with Gasteiger partial charge in [-0.2, -0.15) is 4.98 Å². The van der Waals surface area contributed by atoms with Crippen LogP contribution >= 0.6 is 0 Å². The van der Waals surface area contributed by atoms with Crippen LogP contribution in [-0.4, -0.2) is 37.1 Å². The lowest BCUT2D eigenvalue weighted by molar-refractivity contribution is 0.174. The molecule has 3 heterocycles. The molecule has 0 fully saturated rings. The van der Waals surface area contributed by atoms with Gasteiger partial charge in [0, 0.05) is 12.0 Å². The van der Waals surface area contributed by atoms with E-state index in [1.165, 1.54) is 0 Å². The average molecular weight is 300 g/mol. The van der Waals surface area contributed by atoms with Crippen LogP contribution in [0.15, 0.2) is 22.7 Å². The fourth-order valence-electron chi connectivity index (χ4n) is 2.20. The van der Waals surface area contributed by atoms with Crippen molar-refractivity contribution in [2.45, 2.75) is 19.9 Å². The maximum Gasteiger partial charge on any atom is 0.248 e. The molecular formula is C13H12N6O3. The summed E-state index contributed by atoms with van der Waals surface area (Å²) in [5.41, 5.74) is 0.798. The number of aromatic nitrogens is 6. The third kappa shape index (κ3) is 2.16. The molecule has 9 heteroatoms. The Bertz CT molecular complexity index is 812. The summed E-state index contributed by atoms with van der Waals surface area (Å²) in [6, 6.07) is 5.51. The molecule has 2 aromatic heterocycles. The zero-order chi connectivity index (χ0) is 14.9. The van der Waals surface area contributed by atoms with E-state index in [0.29, 0.717) is 29.8 Å². The summed E-state index contributed by atoms with van der Waals surface area (Å²) in [5, 5.41) is 15.4. The second-order valence-electron chi connectivity index (χ2n) is 4.69. The molecule has 1 aliphatic heterocycles. The van der Waals surface area contributed by atoms with E-state index in [2.05, 4.69) is 25.7 Å². The second-order valence-corrected chi connectivity index (χ2v) is 4.69. The van der Waals surface area contributed by atoms with Gasteiger partial charge >= 0.3 is 0 Å². The van der Waals surface area contributed by atoms with Gasteiger partial charge in [-0.1, -0.05) is 12.1 Å². The minimum Gasteiger partial charge on any atom is -0.454 e. The normalized spacial score (nSPS) is 12.8. The number of aryl methyl sites for hydroxylation is 1. The first kappa shape index (κ1) is 12.7. The number of hydrogen-bond acceptors (Lipinski definition) is 8. The summed E-state index contributed by atoms with van der Waals surface area (Å²) in [7, 11) is 0. The quantitative estimate of drug-likeness (QED) is 0.705. The first-order valence-electron chi connectivity index (χ1n) is 6.81. The van der Waals surface area contributed by atoms with E-state index in [1.54, 1.807) is 4.68 Å². The van der Waals surface area contributed by atoms with Crippen LogP contribution in [0.5, 0.6) is 11.5 Å². The lowest BCUT2D eigenvalue weighted by atomic mass is 10.2. The smallest absolute Gasteiger partial charge is 0.248 e. The maximum atomic E-state index is 5.34. The fraction of sp³-hybridized carbons (Fsp3) is 0.308. The summed E-state index contributed by atoms with van der Waals surface area (Å²) in [5.74, 6) is 3.09. The van der Waals surface area contributed by atoms with Gasteiger partial charge in [0.2, 0.25) is 18.5 Å². The van der Waals surface area contributed by atoms with Gasteiger partial charge in [0.15, 0.2) is 17.3 Å². The first-order chi connectivity index (χ1) is 10.8. The largest absolute Gasteiger partial charge is 0.454 e. The van der Waals surface area contributed by atoms with E-state index >= 15 is 0 Å². The summed E-state index contributed by atoms with van der Waals surface area (Å²) in [6.45, 7) is 2.55. The highest BCUT2D eigenvalue weighted by atomic mass is 16.7. The molecular weight excluding hydrogens is 288 g/mol. The van der Waals surface area contributed by atoms with Crippen molar-refractivity contribution in [2.24, 2.45) is 0 Å². The topological polar surface area (TPSA) is 101 Å². The third-order valence-corrected chi connectivity index (χ3v) is 3.31. The molecule has 112 valence electrons. The van der Waals surface area contributed by atoms with Crippen molar-refractivity contribution in [3.05, 3.63) is 29.9 Å². The number of fused-ring (bicyclic) bond motifs is 1. The Labute approximate surface area is 124 Å². The van der Waals surface area contributed by atoms with Gasteiger partial charge in [0.25, 0.3) is 0 Å². The van der Waals surface area contributed by atoms with Crippen LogP contribution in [0.2, 0.25) is 0 Å². The van der Waals surface area contributed by atoms with E-state index in [-0.39, 0.29) is 6.79 Å². The molecule has 0 amide bonds. The van der Waals surface area contributed by atoms with Crippen LogP contribution in [0.4, 0.5) is 0 Å². The Morgan fingerprint density at radius 3 is 3.05 bits per heavy atom. The van der Waals surface area contributed by atoms with E-state index in [4.69, 9.17) is 14.0 Å². The summed E-state index contributed by atoms with van der Waals surface area (Å²) in [6.07, 6.45) is 0.732. The SMILES string of the molecule is CCc1nnnn1Cc1nc(-c2ccc3c(c2)OCO3)no1. The first-order valence-corrected chi connectivity index (χ1v) is 6.81. The Morgan fingerprint density at radius 2 is 2.14 bits per heavy atom. The second kappa shape index (κ2) is 5.10. The third-order valence-electron chi connectivity index (χ3n) is 3.31. The Kier molecular flexibility index (Phi) is 2.95. The maximum absolute atomic E-state index is 5.34. The van der Waals surface area contributed by atoms with Crippen LogP contribution in [0, 0.1) is 0 Å². The van der Waals surface area contributed by atoms with E-state index in [0.717, 1.165) is 17.8 Å². The highest BCUT2D eigenvalue weighted by Crippen LogP contribution is 2.35. The molecule has 22 heavy (non-hydrogen) atoms. The van der Waals surface area contributed by atoms with Gasteiger partial charge < -0.3 is 14.0 Å². The van der Waals surface area contributed by atoms with Crippen molar-refractivity contribution in [1.82, 2.24) is 30.3 Å². The molecule has 1 aromatic carbocycles. The van der Waals surface area contributed by atoms with Gasteiger partial charge in [-0.25, -0.2) is 4.68 Å². The van der Waals surface area contributed by atoms with Gasteiger partial charge in [-0.05, 0) is 28.6 Å². The van der Waals surface area contributed by atoms with Crippen molar-refractivity contribution in [2.75, 3.05) is 6.79 Å². The molecule has 0 spiro atoms. The fourth-order valence-corrected chi connectivity index (χ4v) is 2.20. The van der Waals surface area contributed by atoms with E-state index in [1.807, 2.05) is 25.1 Å². The highest BCUT2D eigenvalue weighted by molar-refractivity contribution is 5.61. The van der Waals surface area contributed by atoms with Crippen molar-refractivity contribution < 1.29 is 14.0 Å².